The van der Waals surface area contributed by atoms with E-state index < -0.39 is 29.3 Å². The standard InChI is InChI=1S/C33H48BN3O6/c1-30(2,3)41-29(39)35-14-12-33(13-15-35)26-11-8-21(34-42-31(4,5)32(6,7)43-34)16-27(26)37(28(33)38)25-17-24(18-25)36-22-9-10-23(36)20-40-19-22/h8,11,16,22-25H,9-10,12-15,17-20H2,1-7H3/t22?,23?,24-,25+. The molecule has 1 aromatic carbocycles. The Bertz CT molecular complexity index is 1260. The average Bonchev–Trinajstić information content (AvgIpc) is 3.37. The largest absolute Gasteiger partial charge is 0.494 e. The van der Waals surface area contributed by atoms with E-state index in [0.717, 1.165) is 42.8 Å². The van der Waals surface area contributed by atoms with Crippen molar-refractivity contribution in [2.45, 2.75) is 133 Å². The van der Waals surface area contributed by atoms with Gasteiger partial charge in [-0.25, -0.2) is 4.79 Å². The normalized spacial score (nSPS) is 32.7. The van der Waals surface area contributed by atoms with E-state index in [1.165, 1.54) is 12.8 Å². The fourth-order valence-electron chi connectivity index (χ4n) is 8.25. The molecule has 0 N–H and O–H groups in total. The second kappa shape index (κ2) is 9.93. The second-order valence-corrected chi connectivity index (χ2v) is 15.7. The summed E-state index contributed by atoms with van der Waals surface area (Å²) in [6.07, 6.45) is 5.28. The van der Waals surface area contributed by atoms with Crippen LogP contribution >= 0.6 is 0 Å². The van der Waals surface area contributed by atoms with E-state index in [9.17, 15) is 9.59 Å². The molecule has 0 radical (unpaired) electrons. The number of amides is 2. The van der Waals surface area contributed by atoms with Gasteiger partial charge in [0, 0.05) is 42.9 Å². The summed E-state index contributed by atoms with van der Waals surface area (Å²) >= 11 is 0. The fraction of sp³-hybridized carbons (Fsp3) is 0.758. The van der Waals surface area contributed by atoms with E-state index in [1.807, 2.05) is 20.8 Å². The lowest BCUT2D eigenvalue weighted by atomic mass is 9.71. The van der Waals surface area contributed by atoms with Crippen LogP contribution in [0.4, 0.5) is 10.5 Å². The fourth-order valence-corrected chi connectivity index (χ4v) is 8.25. The number of fused-ring (bicyclic) bond motifs is 4. The monoisotopic (exact) mass is 593 g/mol. The van der Waals surface area contributed by atoms with Gasteiger partial charge < -0.3 is 28.6 Å². The Kier molecular flexibility index (Phi) is 6.83. The maximum atomic E-state index is 14.6. The molecule has 43 heavy (non-hydrogen) atoms. The van der Waals surface area contributed by atoms with E-state index in [4.69, 9.17) is 18.8 Å². The second-order valence-electron chi connectivity index (χ2n) is 15.7. The van der Waals surface area contributed by atoms with Crippen LogP contribution in [0.25, 0.3) is 0 Å². The molecule has 234 valence electrons. The number of carbonyl (C=O) groups is 2. The molecule has 1 spiro atoms. The summed E-state index contributed by atoms with van der Waals surface area (Å²) in [7, 11) is -0.490. The van der Waals surface area contributed by atoms with Gasteiger partial charge in [-0.3, -0.25) is 9.69 Å². The van der Waals surface area contributed by atoms with Crippen LogP contribution in [-0.4, -0.2) is 96.2 Å². The topological polar surface area (TPSA) is 80.8 Å². The minimum atomic E-state index is -0.634. The van der Waals surface area contributed by atoms with Crippen molar-refractivity contribution in [3.05, 3.63) is 23.8 Å². The SMILES string of the molecule is CC(C)(C)OC(=O)N1CCC2(CC1)C(=O)N([C@H]1C[C@@H](N3C4CCC3COC4)C1)c1cc(B3OC(C)(C)C(C)(C)O3)ccc12. The lowest BCUT2D eigenvalue weighted by Crippen LogP contribution is -2.61. The third kappa shape index (κ3) is 4.74. The Labute approximate surface area is 256 Å². The van der Waals surface area contributed by atoms with Gasteiger partial charge in [-0.05, 0) is 104 Å². The van der Waals surface area contributed by atoms with Crippen molar-refractivity contribution >= 4 is 30.3 Å². The number of hydrogen-bond acceptors (Lipinski definition) is 7. The summed E-state index contributed by atoms with van der Waals surface area (Å²) < 4.78 is 24.3. The van der Waals surface area contributed by atoms with Crippen LogP contribution in [0.2, 0.25) is 0 Å². The molecule has 5 fully saturated rings. The van der Waals surface area contributed by atoms with E-state index in [1.54, 1.807) is 4.90 Å². The van der Waals surface area contributed by atoms with Crippen molar-refractivity contribution in [3.63, 3.8) is 0 Å². The molecule has 9 nitrogen and oxygen atoms in total. The van der Waals surface area contributed by atoms with Gasteiger partial charge in [0.05, 0.1) is 29.8 Å². The summed E-state index contributed by atoms with van der Waals surface area (Å²) in [4.78, 5) is 34.1. The Morgan fingerprint density at radius 2 is 1.53 bits per heavy atom. The van der Waals surface area contributed by atoms with Crippen LogP contribution < -0.4 is 10.4 Å². The Morgan fingerprint density at radius 1 is 0.930 bits per heavy atom. The molecule has 5 aliphatic heterocycles. The van der Waals surface area contributed by atoms with Crippen LogP contribution in [0, 0.1) is 0 Å². The Balaban J connectivity index is 1.16. The quantitative estimate of drug-likeness (QED) is 0.491. The highest BCUT2D eigenvalue weighted by Gasteiger charge is 2.58. The van der Waals surface area contributed by atoms with Crippen LogP contribution in [0.5, 0.6) is 0 Å². The van der Waals surface area contributed by atoms with Gasteiger partial charge in [0.15, 0.2) is 0 Å². The summed E-state index contributed by atoms with van der Waals surface area (Å²) in [5, 5.41) is 0. The number of rotatable bonds is 3. The Morgan fingerprint density at radius 3 is 2.12 bits per heavy atom. The van der Waals surface area contributed by atoms with Crippen molar-refractivity contribution in [2.75, 3.05) is 31.2 Å². The van der Waals surface area contributed by atoms with Crippen LogP contribution in [0.15, 0.2) is 18.2 Å². The van der Waals surface area contributed by atoms with Crippen molar-refractivity contribution in [1.29, 1.82) is 0 Å². The first-order valence-electron chi connectivity index (χ1n) is 16.4. The number of carbonyl (C=O) groups excluding carboxylic acids is 2. The maximum Gasteiger partial charge on any atom is 0.494 e. The number of hydrogen-bond donors (Lipinski definition) is 0. The first-order valence-corrected chi connectivity index (χ1v) is 16.4. The summed E-state index contributed by atoms with van der Waals surface area (Å²) in [6, 6.07) is 8.06. The molecule has 4 saturated heterocycles. The van der Waals surface area contributed by atoms with E-state index in [-0.39, 0.29) is 18.0 Å². The summed E-state index contributed by atoms with van der Waals surface area (Å²) in [5.74, 6) is 0.186. The van der Waals surface area contributed by atoms with E-state index in [2.05, 4.69) is 55.7 Å². The predicted octanol–water partition coefficient (Wildman–Crippen LogP) is 4.00. The molecule has 10 heteroatoms. The zero-order valence-corrected chi connectivity index (χ0v) is 27.0. The highest BCUT2D eigenvalue weighted by atomic mass is 16.7. The highest BCUT2D eigenvalue weighted by Crippen LogP contribution is 2.52. The van der Waals surface area contributed by atoms with Crippen molar-refractivity contribution in [1.82, 2.24) is 9.80 Å². The molecule has 7 rings (SSSR count). The third-order valence-corrected chi connectivity index (χ3v) is 11.4. The number of nitrogens with zero attached hydrogens (tertiary/aromatic N) is 3. The molecule has 2 atom stereocenters. The highest BCUT2D eigenvalue weighted by molar-refractivity contribution is 6.62. The van der Waals surface area contributed by atoms with Gasteiger partial charge in [0.25, 0.3) is 0 Å². The lowest BCUT2D eigenvalue weighted by molar-refractivity contribution is -0.126. The first-order chi connectivity index (χ1) is 20.2. The Hall–Kier alpha value is -2.14. The van der Waals surface area contributed by atoms with Gasteiger partial charge in [0.1, 0.15) is 5.60 Å². The zero-order valence-electron chi connectivity index (χ0n) is 27.0. The average molecular weight is 594 g/mol. The zero-order chi connectivity index (χ0) is 30.5. The molecular weight excluding hydrogens is 545 g/mol. The van der Waals surface area contributed by atoms with Crippen LogP contribution in [0.1, 0.15) is 92.6 Å². The molecule has 0 aromatic heterocycles. The molecule has 6 aliphatic rings. The molecule has 1 saturated carbocycles. The molecule has 5 heterocycles. The van der Waals surface area contributed by atoms with Crippen molar-refractivity contribution < 1.29 is 28.4 Å². The van der Waals surface area contributed by atoms with Gasteiger partial charge in [-0.2, -0.15) is 0 Å². The minimum absolute atomic E-state index is 0.162. The van der Waals surface area contributed by atoms with Gasteiger partial charge in [0.2, 0.25) is 5.91 Å². The van der Waals surface area contributed by atoms with Crippen molar-refractivity contribution in [3.8, 4) is 0 Å². The molecular formula is C33H48BN3O6. The molecule has 1 aliphatic carbocycles. The number of piperidine rings is 1. The molecule has 1 aromatic rings. The van der Waals surface area contributed by atoms with Gasteiger partial charge in [-0.15, -0.1) is 0 Å². The third-order valence-electron chi connectivity index (χ3n) is 11.4. The predicted molar refractivity (Wildman–Crippen MR) is 165 cm³/mol. The van der Waals surface area contributed by atoms with Gasteiger partial charge >= 0.3 is 13.2 Å². The lowest BCUT2D eigenvalue weighted by Gasteiger charge is -2.50. The minimum Gasteiger partial charge on any atom is -0.444 e. The molecule has 2 unspecified atom stereocenters. The number of ether oxygens (including phenoxy) is 2. The van der Waals surface area contributed by atoms with Crippen LogP contribution in [0.3, 0.4) is 0 Å². The molecule has 2 bridgehead atoms. The number of likely N-dealkylation sites (tertiary alicyclic amines) is 1. The van der Waals surface area contributed by atoms with E-state index >= 15 is 0 Å². The van der Waals surface area contributed by atoms with E-state index in [0.29, 0.717) is 44.1 Å². The number of anilines is 1. The smallest absolute Gasteiger partial charge is 0.444 e. The van der Waals surface area contributed by atoms with Crippen LogP contribution in [-0.2, 0) is 29.0 Å². The summed E-state index contributed by atoms with van der Waals surface area (Å²) in [5.41, 5.74) is 0.948. The summed E-state index contributed by atoms with van der Waals surface area (Å²) in [6.45, 7) is 16.6. The van der Waals surface area contributed by atoms with Crippen molar-refractivity contribution in [2.24, 2.45) is 0 Å². The number of morpholine rings is 1. The maximum absolute atomic E-state index is 14.6. The molecule has 2 amide bonds. The number of benzene rings is 1. The first kappa shape index (κ1) is 29.6. The van der Waals surface area contributed by atoms with Gasteiger partial charge in [-0.1, -0.05) is 12.1 Å².